The summed E-state index contributed by atoms with van der Waals surface area (Å²) in [5.41, 5.74) is 2.80. The van der Waals surface area contributed by atoms with E-state index in [0.29, 0.717) is 4.88 Å². The molecule has 0 saturated carbocycles. The summed E-state index contributed by atoms with van der Waals surface area (Å²) in [6, 6.07) is 8.92. The van der Waals surface area contributed by atoms with Crippen LogP contribution in [0.1, 0.15) is 45.7 Å². The number of rotatable bonds is 6. The molecule has 1 aromatic carbocycles. The van der Waals surface area contributed by atoms with Crippen molar-refractivity contribution >= 4 is 23.2 Å². The molecule has 0 aliphatic carbocycles. The van der Waals surface area contributed by atoms with Gasteiger partial charge in [0.05, 0.1) is 17.3 Å². The van der Waals surface area contributed by atoms with Crippen LogP contribution in [0.3, 0.4) is 0 Å². The first kappa shape index (κ1) is 16.2. The molecule has 0 aliphatic rings. The molecule has 0 radical (unpaired) electrons. The van der Waals surface area contributed by atoms with Crippen molar-refractivity contribution in [2.75, 3.05) is 0 Å². The fourth-order valence-corrected chi connectivity index (χ4v) is 3.33. The van der Waals surface area contributed by atoms with Crippen molar-refractivity contribution in [1.82, 2.24) is 5.32 Å². The Balaban J connectivity index is 2.26. The van der Waals surface area contributed by atoms with Crippen LogP contribution in [0, 0.1) is 6.92 Å². The summed E-state index contributed by atoms with van der Waals surface area (Å²) in [6.07, 6.45) is 0.643. The minimum atomic E-state index is -0.935. The molecule has 0 saturated heterocycles. The van der Waals surface area contributed by atoms with Crippen molar-refractivity contribution in [3.05, 3.63) is 57.3 Å². The molecule has 2 rings (SSSR count). The molecule has 116 valence electrons. The first-order valence-electron chi connectivity index (χ1n) is 7.17. The molecule has 2 N–H and O–H groups in total. The lowest BCUT2D eigenvalue weighted by Crippen LogP contribution is -2.30. The highest BCUT2D eigenvalue weighted by molar-refractivity contribution is 7.12. The molecule has 22 heavy (non-hydrogen) atoms. The highest BCUT2D eigenvalue weighted by atomic mass is 32.1. The largest absolute Gasteiger partial charge is 0.481 e. The Morgan fingerprint density at radius 2 is 2.00 bits per heavy atom. The zero-order valence-corrected chi connectivity index (χ0v) is 13.4. The smallest absolute Gasteiger partial charge is 0.305 e. The van der Waals surface area contributed by atoms with Gasteiger partial charge in [0.15, 0.2) is 0 Å². The van der Waals surface area contributed by atoms with E-state index in [1.807, 2.05) is 49.6 Å². The van der Waals surface area contributed by atoms with Crippen LogP contribution in [0.2, 0.25) is 0 Å². The molecule has 1 aromatic heterocycles. The van der Waals surface area contributed by atoms with Crippen molar-refractivity contribution in [3.8, 4) is 0 Å². The van der Waals surface area contributed by atoms with E-state index < -0.39 is 12.0 Å². The second kappa shape index (κ2) is 7.22. The summed E-state index contributed by atoms with van der Waals surface area (Å²) >= 11 is 1.38. The maximum Gasteiger partial charge on any atom is 0.305 e. The van der Waals surface area contributed by atoms with Crippen LogP contribution in [0.4, 0.5) is 0 Å². The number of aliphatic carboxylic acids is 1. The van der Waals surface area contributed by atoms with Crippen molar-refractivity contribution in [2.24, 2.45) is 0 Å². The fourth-order valence-electron chi connectivity index (χ4n) is 2.43. The third-order valence-electron chi connectivity index (χ3n) is 3.58. The molecule has 0 bridgehead atoms. The Morgan fingerprint density at radius 1 is 1.27 bits per heavy atom. The third kappa shape index (κ3) is 3.74. The van der Waals surface area contributed by atoms with E-state index >= 15 is 0 Å². The average molecular weight is 317 g/mol. The third-order valence-corrected chi connectivity index (χ3v) is 4.54. The summed E-state index contributed by atoms with van der Waals surface area (Å²) in [4.78, 5) is 24.3. The topological polar surface area (TPSA) is 66.4 Å². The van der Waals surface area contributed by atoms with Gasteiger partial charge >= 0.3 is 5.97 Å². The molecule has 0 aliphatic heterocycles. The van der Waals surface area contributed by atoms with Gasteiger partial charge in [0, 0.05) is 0 Å². The van der Waals surface area contributed by atoms with Crippen LogP contribution in [0.15, 0.2) is 35.7 Å². The number of amides is 1. The first-order valence-corrected chi connectivity index (χ1v) is 8.05. The molecule has 2 aromatic rings. The standard InChI is InChI=1S/C17H19NO3S/c1-3-12-8-9-22-16(12)17(21)18-14(10-15(19)20)13-7-5-4-6-11(13)2/h4-9,14H,3,10H2,1-2H3,(H,18,21)(H,19,20). The van der Waals surface area contributed by atoms with Crippen LogP contribution in [-0.4, -0.2) is 17.0 Å². The van der Waals surface area contributed by atoms with Crippen LogP contribution >= 0.6 is 11.3 Å². The maximum absolute atomic E-state index is 12.5. The zero-order chi connectivity index (χ0) is 16.1. The number of carboxylic acid groups (broad SMARTS) is 1. The van der Waals surface area contributed by atoms with E-state index in [-0.39, 0.29) is 12.3 Å². The van der Waals surface area contributed by atoms with Crippen molar-refractivity contribution < 1.29 is 14.7 Å². The Labute approximate surface area is 133 Å². The SMILES string of the molecule is CCc1ccsc1C(=O)NC(CC(=O)O)c1ccccc1C. The lowest BCUT2D eigenvalue weighted by molar-refractivity contribution is -0.137. The summed E-state index contributed by atoms with van der Waals surface area (Å²) < 4.78 is 0. The normalized spacial score (nSPS) is 11.9. The Hall–Kier alpha value is -2.14. The van der Waals surface area contributed by atoms with Crippen LogP contribution in [0.25, 0.3) is 0 Å². The van der Waals surface area contributed by atoms with Crippen LogP contribution in [0.5, 0.6) is 0 Å². The summed E-state index contributed by atoms with van der Waals surface area (Å²) in [6.45, 7) is 3.91. The molecule has 1 heterocycles. The van der Waals surface area contributed by atoms with E-state index in [4.69, 9.17) is 5.11 Å². The van der Waals surface area contributed by atoms with Gasteiger partial charge in [0.25, 0.3) is 5.91 Å². The van der Waals surface area contributed by atoms with E-state index in [0.717, 1.165) is 23.1 Å². The van der Waals surface area contributed by atoms with E-state index in [1.54, 1.807) is 0 Å². The van der Waals surface area contributed by atoms with Crippen LogP contribution in [-0.2, 0) is 11.2 Å². The number of thiophene rings is 1. The minimum absolute atomic E-state index is 0.135. The fraction of sp³-hybridized carbons (Fsp3) is 0.294. The summed E-state index contributed by atoms with van der Waals surface area (Å²) in [5, 5.41) is 13.9. The molecular formula is C17H19NO3S. The van der Waals surface area contributed by atoms with Gasteiger partial charge < -0.3 is 10.4 Å². The van der Waals surface area contributed by atoms with Gasteiger partial charge in [-0.25, -0.2) is 0 Å². The molecule has 1 unspecified atom stereocenters. The molecule has 0 fully saturated rings. The molecular weight excluding hydrogens is 298 g/mol. The second-order valence-electron chi connectivity index (χ2n) is 5.11. The lowest BCUT2D eigenvalue weighted by atomic mass is 9.98. The van der Waals surface area contributed by atoms with Gasteiger partial charge in [-0.05, 0) is 41.5 Å². The number of nitrogens with one attached hydrogen (secondary N) is 1. The predicted octanol–water partition coefficient (Wildman–Crippen LogP) is 3.56. The number of carbonyl (C=O) groups is 2. The molecule has 5 heteroatoms. The lowest BCUT2D eigenvalue weighted by Gasteiger charge is -2.19. The maximum atomic E-state index is 12.5. The minimum Gasteiger partial charge on any atom is -0.481 e. The van der Waals surface area contributed by atoms with E-state index in [2.05, 4.69) is 5.32 Å². The van der Waals surface area contributed by atoms with Crippen LogP contribution < -0.4 is 5.32 Å². The van der Waals surface area contributed by atoms with Gasteiger partial charge in [0.2, 0.25) is 0 Å². The van der Waals surface area contributed by atoms with Gasteiger partial charge in [-0.2, -0.15) is 0 Å². The van der Waals surface area contributed by atoms with Gasteiger partial charge in [0.1, 0.15) is 0 Å². The highest BCUT2D eigenvalue weighted by Crippen LogP contribution is 2.23. The van der Waals surface area contributed by atoms with Gasteiger partial charge in [-0.15, -0.1) is 11.3 Å². The number of hydrogen-bond acceptors (Lipinski definition) is 3. The van der Waals surface area contributed by atoms with E-state index in [9.17, 15) is 9.59 Å². The second-order valence-corrected chi connectivity index (χ2v) is 6.03. The first-order chi connectivity index (χ1) is 10.5. The monoisotopic (exact) mass is 317 g/mol. The predicted molar refractivity (Wildman–Crippen MR) is 87.3 cm³/mol. The molecule has 0 spiro atoms. The number of carbonyl (C=O) groups excluding carboxylic acids is 1. The number of aryl methyl sites for hydroxylation is 2. The van der Waals surface area contributed by atoms with Gasteiger partial charge in [-0.3, -0.25) is 9.59 Å². The highest BCUT2D eigenvalue weighted by Gasteiger charge is 2.21. The number of benzene rings is 1. The number of carboxylic acids is 1. The molecule has 1 amide bonds. The molecule has 1 atom stereocenters. The molecule has 4 nitrogen and oxygen atoms in total. The zero-order valence-electron chi connectivity index (χ0n) is 12.6. The van der Waals surface area contributed by atoms with Gasteiger partial charge in [-0.1, -0.05) is 31.2 Å². The average Bonchev–Trinajstić information content (AvgIpc) is 2.95. The van der Waals surface area contributed by atoms with E-state index in [1.165, 1.54) is 11.3 Å². The summed E-state index contributed by atoms with van der Waals surface area (Å²) in [5.74, 6) is -1.14. The Bertz CT molecular complexity index is 678. The number of hydrogen-bond donors (Lipinski definition) is 2. The Kier molecular flexibility index (Phi) is 5.33. The summed E-state index contributed by atoms with van der Waals surface area (Å²) in [7, 11) is 0. The Morgan fingerprint density at radius 3 is 2.64 bits per heavy atom. The van der Waals surface area contributed by atoms with Crippen molar-refractivity contribution in [1.29, 1.82) is 0 Å². The van der Waals surface area contributed by atoms with Crippen molar-refractivity contribution in [3.63, 3.8) is 0 Å². The van der Waals surface area contributed by atoms with Crippen molar-refractivity contribution in [2.45, 2.75) is 32.7 Å². The quantitative estimate of drug-likeness (QED) is 0.856.